The summed E-state index contributed by atoms with van der Waals surface area (Å²) in [7, 11) is 0. The number of fused-ring (bicyclic) bond motifs is 2. The Balaban J connectivity index is 1.18. The molecule has 0 saturated carbocycles. The molecule has 0 bridgehead atoms. The molecule has 1 amide bonds. The van der Waals surface area contributed by atoms with E-state index in [2.05, 4.69) is 20.1 Å². The maximum absolute atomic E-state index is 14.2. The zero-order valence-electron chi connectivity index (χ0n) is 19.6. The Morgan fingerprint density at radius 1 is 0.917 bits per heavy atom. The van der Waals surface area contributed by atoms with Crippen LogP contribution in [0.4, 0.5) is 15.9 Å². The van der Waals surface area contributed by atoms with E-state index >= 15 is 0 Å². The fraction of sp³-hybridized carbons (Fsp3) is 0.214. The molecule has 0 atom stereocenters. The van der Waals surface area contributed by atoms with Crippen molar-refractivity contribution in [1.29, 1.82) is 0 Å². The van der Waals surface area contributed by atoms with E-state index in [0.29, 0.717) is 49.7 Å². The van der Waals surface area contributed by atoms with Gasteiger partial charge in [-0.05, 0) is 53.4 Å². The van der Waals surface area contributed by atoms with Gasteiger partial charge in [-0.25, -0.2) is 9.37 Å². The van der Waals surface area contributed by atoms with Crippen LogP contribution < -0.4 is 24.6 Å². The van der Waals surface area contributed by atoms with Crippen LogP contribution in [0.1, 0.15) is 15.9 Å². The number of para-hydroxylation sites is 1. The van der Waals surface area contributed by atoms with Crippen molar-refractivity contribution in [2.24, 2.45) is 0 Å². The fourth-order valence-corrected chi connectivity index (χ4v) is 4.75. The van der Waals surface area contributed by atoms with Gasteiger partial charge in [0.2, 0.25) is 6.79 Å². The summed E-state index contributed by atoms with van der Waals surface area (Å²) in [5.41, 5.74) is 2.13. The van der Waals surface area contributed by atoms with E-state index in [9.17, 15) is 9.18 Å². The van der Waals surface area contributed by atoms with Crippen molar-refractivity contribution in [3.63, 3.8) is 0 Å². The highest BCUT2D eigenvalue weighted by Crippen LogP contribution is 2.32. The molecule has 1 aromatic heterocycles. The SMILES string of the molecule is O=C(NCc1ccc2c(c1)OCO2)c1ccc2ccnc(N3CCN(c4ccccc4F)CC3)c2c1. The maximum atomic E-state index is 14.2. The van der Waals surface area contributed by atoms with Crippen molar-refractivity contribution in [2.75, 3.05) is 42.8 Å². The number of hydrogen-bond donors (Lipinski definition) is 1. The standard InChI is InChI=1S/C28H25FN4O3/c29-23-3-1-2-4-24(23)32-11-13-33(14-12-32)27-22-16-21(7-6-20(22)9-10-30-27)28(34)31-17-19-5-8-25-26(15-19)36-18-35-25/h1-10,15-16H,11-14,17-18H2,(H,31,34). The van der Waals surface area contributed by atoms with Gasteiger partial charge in [0.1, 0.15) is 11.6 Å². The second kappa shape index (κ2) is 9.37. The lowest BCUT2D eigenvalue weighted by Gasteiger charge is -2.37. The van der Waals surface area contributed by atoms with Gasteiger partial charge in [-0.3, -0.25) is 4.79 Å². The predicted octanol–water partition coefficient (Wildman–Crippen LogP) is 4.36. The van der Waals surface area contributed by atoms with E-state index in [1.807, 2.05) is 54.6 Å². The number of hydrogen-bond acceptors (Lipinski definition) is 6. The molecule has 4 aromatic rings. The smallest absolute Gasteiger partial charge is 0.251 e. The van der Waals surface area contributed by atoms with Gasteiger partial charge in [0.25, 0.3) is 5.91 Å². The van der Waals surface area contributed by atoms with Crippen LogP contribution in [0.2, 0.25) is 0 Å². The number of piperazine rings is 1. The summed E-state index contributed by atoms with van der Waals surface area (Å²) in [6, 6.07) is 20.1. The Kier molecular flexibility index (Phi) is 5.77. The molecule has 2 aliphatic heterocycles. The van der Waals surface area contributed by atoms with Crippen molar-refractivity contribution < 1.29 is 18.7 Å². The van der Waals surface area contributed by atoms with Gasteiger partial charge in [-0.2, -0.15) is 0 Å². The van der Waals surface area contributed by atoms with E-state index in [1.54, 1.807) is 12.3 Å². The van der Waals surface area contributed by atoms with Gasteiger partial charge in [-0.1, -0.05) is 24.3 Å². The highest BCUT2D eigenvalue weighted by molar-refractivity contribution is 6.01. The zero-order chi connectivity index (χ0) is 24.5. The number of aromatic nitrogens is 1. The minimum Gasteiger partial charge on any atom is -0.454 e. The predicted molar refractivity (Wildman–Crippen MR) is 136 cm³/mol. The minimum absolute atomic E-state index is 0.159. The van der Waals surface area contributed by atoms with Gasteiger partial charge in [0, 0.05) is 49.9 Å². The number of carbonyl (C=O) groups excluding carboxylic acids is 1. The second-order valence-electron chi connectivity index (χ2n) is 8.87. The van der Waals surface area contributed by atoms with Crippen molar-refractivity contribution in [3.05, 3.63) is 89.9 Å². The largest absolute Gasteiger partial charge is 0.454 e. The van der Waals surface area contributed by atoms with Crippen LogP contribution >= 0.6 is 0 Å². The third kappa shape index (κ3) is 4.26. The van der Waals surface area contributed by atoms with Crippen LogP contribution in [0.15, 0.2) is 72.9 Å². The topological polar surface area (TPSA) is 66.9 Å². The molecule has 0 unspecified atom stereocenters. The van der Waals surface area contributed by atoms with Crippen molar-refractivity contribution in [3.8, 4) is 11.5 Å². The Hall–Kier alpha value is -4.33. The number of carbonyl (C=O) groups is 1. The normalized spacial score (nSPS) is 14.8. The number of nitrogens with one attached hydrogen (secondary N) is 1. The number of nitrogens with zero attached hydrogens (tertiary/aromatic N) is 3. The molecular weight excluding hydrogens is 459 g/mol. The lowest BCUT2D eigenvalue weighted by molar-refractivity contribution is 0.0951. The molecule has 0 aliphatic carbocycles. The summed E-state index contributed by atoms with van der Waals surface area (Å²) >= 11 is 0. The molecule has 36 heavy (non-hydrogen) atoms. The van der Waals surface area contributed by atoms with Crippen LogP contribution in [-0.4, -0.2) is 43.9 Å². The molecule has 1 fully saturated rings. The molecular formula is C28H25FN4O3. The Labute approximate surface area is 208 Å². The van der Waals surface area contributed by atoms with E-state index in [0.717, 1.165) is 27.9 Å². The number of rotatable bonds is 5. The van der Waals surface area contributed by atoms with Crippen molar-refractivity contribution >= 4 is 28.2 Å². The summed E-state index contributed by atoms with van der Waals surface area (Å²) in [6.07, 6.45) is 1.79. The van der Waals surface area contributed by atoms with E-state index in [4.69, 9.17) is 9.47 Å². The maximum Gasteiger partial charge on any atom is 0.251 e. The highest BCUT2D eigenvalue weighted by Gasteiger charge is 2.22. The molecule has 3 heterocycles. The van der Waals surface area contributed by atoms with Crippen LogP contribution in [0.25, 0.3) is 10.8 Å². The van der Waals surface area contributed by atoms with Gasteiger partial charge < -0.3 is 24.6 Å². The van der Waals surface area contributed by atoms with Gasteiger partial charge in [0.05, 0.1) is 5.69 Å². The fourth-order valence-electron chi connectivity index (χ4n) is 4.75. The summed E-state index contributed by atoms with van der Waals surface area (Å²) in [5.74, 6) is 1.89. The second-order valence-corrected chi connectivity index (χ2v) is 8.87. The molecule has 0 spiro atoms. The first-order chi connectivity index (χ1) is 17.7. The molecule has 6 rings (SSSR count). The lowest BCUT2D eigenvalue weighted by Crippen LogP contribution is -2.47. The average Bonchev–Trinajstić information content (AvgIpc) is 3.39. The highest BCUT2D eigenvalue weighted by atomic mass is 19.1. The van der Waals surface area contributed by atoms with Crippen LogP contribution in [0, 0.1) is 5.82 Å². The summed E-state index contributed by atoms with van der Waals surface area (Å²) < 4.78 is 25.0. The first kappa shape index (κ1) is 22.2. The lowest BCUT2D eigenvalue weighted by atomic mass is 10.1. The number of amides is 1. The van der Waals surface area contributed by atoms with Gasteiger partial charge >= 0.3 is 0 Å². The Bertz CT molecular complexity index is 1440. The molecule has 182 valence electrons. The average molecular weight is 485 g/mol. The summed E-state index contributed by atoms with van der Waals surface area (Å²) in [6.45, 7) is 3.40. The third-order valence-electron chi connectivity index (χ3n) is 6.67. The van der Waals surface area contributed by atoms with Gasteiger partial charge in [0.15, 0.2) is 11.5 Å². The number of pyridine rings is 1. The molecule has 8 heteroatoms. The quantitative estimate of drug-likeness (QED) is 0.454. The monoisotopic (exact) mass is 484 g/mol. The zero-order valence-corrected chi connectivity index (χ0v) is 19.6. The third-order valence-corrected chi connectivity index (χ3v) is 6.67. The first-order valence-electron chi connectivity index (χ1n) is 12.0. The minimum atomic E-state index is -0.203. The molecule has 1 N–H and O–H groups in total. The summed E-state index contributed by atoms with van der Waals surface area (Å²) in [5, 5.41) is 4.93. The first-order valence-corrected chi connectivity index (χ1v) is 12.0. The molecule has 7 nitrogen and oxygen atoms in total. The summed E-state index contributed by atoms with van der Waals surface area (Å²) in [4.78, 5) is 21.9. The molecule has 2 aliphatic rings. The van der Waals surface area contributed by atoms with E-state index in [1.165, 1.54) is 6.07 Å². The number of anilines is 2. The van der Waals surface area contributed by atoms with Crippen molar-refractivity contribution in [1.82, 2.24) is 10.3 Å². The molecule has 3 aromatic carbocycles. The van der Waals surface area contributed by atoms with Gasteiger partial charge in [-0.15, -0.1) is 0 Å². The Morgan fingerprint density at radius 3 is 2.58 bits per heavy atom. The molecule has 0 radical (unpaired) electrons. The van der Waals surface area contributed by atoms with E-state index in [-0.39, 0.29) is 18.5 Å². The van der Waals surface area contributed by atoms with E-state index < -0.39 is 0 Å². The Morgan fingerprint density at radius 2 is 1.72 bits per heavy atom. The van der Waals surface area contributed by atoms with Crippen LogP contribution in [0.5, 0.6) is 11.5 Å². The van der Waals surface area contributed by atoms with Crippen molar-refractivity contribution in [2.45, 2.75) is 6.54 Å². The number of benzene rings is 3. The van der Waals surface area contributed by atoms with Crippen LogP contribution in [0.3, 0.4) is 0 Å². The molecule has 1 saturated heterocycles. The number of halogens is 1. The number of ether oxygens (including phenoxy) is 2. The van der Waals surface area contributed by atoms with Crippen LogP contribution in [-0.2, 0) is 6.54 Å².